The zero-order chi connectivity index (χ0) is 11.4. The van der Waals surface area contributed by atoms with E-state index in [1.807, 2.05) is 17.8 Å². The topological polar surface area (TPSA) is 35.8 Å². The third-order valence-corrected chi connectivity index (χ3v) is 4.05. The summed E-state index contributed by atoms with van der Waals surface area (Å²) in [5, 5.41) is 13.0. The van der Waals surface area contributed by atoms with Crippen LogP contribution < -0.4 is 5.32 Å². The Hall–Kier alpha value is -0.850. The predicted molar refractivity (Wildman–Crippen MR) is 70.1 cm³/mol. The van der Waals surface area contributed by atoms with Crippen molar-refractivity contribution >= 4 is 29.1 Å². The Morgan fingerprint density at radius 3 is 2.81 bits per heavy atom. The fraction of sp³-hybridized carbons (Fsp3) is 0.417. The standard InChI is InChI=1S/C12H13ClN2S/c13-11-2-1-9(8-14)7-12(11)15-10-3-5-16-6-4-10/h1-2,7,10,15H,3-6H2. The normalized spacial score (nSPS) is 16.8. The molecule has 1 saturated heterocycles. The van der Waals surface area contributed by atoms with Crippen LogP contribution in [0.4, 0.5) is 5.69 Å². The first-order valence-electron chi connectivity index (χ1n) is 5.33. The number of hydrogen-bond acceptors (Lipinski definition) is 3. The fourth-order valence-electron chi connectivity index (χ4n) is 1.77. The van der Waals surface area contributed by atoms with Crippen molar-refractivity contribution in [2.24, 2.45) is 0 Å². The lowest BCUT2D eigenvalue weighted by atomic mass is 10.1. The lowest BCUT2D eigenvalue weighted by molar-refractivity contribution is 0.667. The molecule has 0 unspecified atom stereocenters. The van der Waals surface area contributed by atoms with Crippen LogP contribution in [0.1, 0.15) is 18.4 Å². The number of halogens is 1. The molecule has 1 N–H and O–H groups in total. The van der Waals surface area contributed by atoms with Crippen molar-refractivity contribution in [3.05, 3.63) is 28.8 Å². The number of hydrogen-bond donors (Lipinski definition) is 1. The van der Waals surface area contributed by atoms with E-state index in [1.165, 1.54) is 11.5 Å². The Morgan fingerprint density at radius 1 is 1.38 bits per heavy atom. The maximum absolute atomic E-state index is 8.83. The van der Waals surface area contributed by atoms with E-state index in [1.54, 1.807) is 12.1 Å². The summed E-state index contributed by atoms with van der Waals surface area (Å²) in [6, 6.07) is 7.96. The van der Waals surface area contributed by atoms with Crippen LogP contribution in [0.15, 0.2) is 18.2 Å². The van der Waals surface area contributed by atoms with Gasteiger partial charge in [-0.15, -0.1) is 0 Å². The minimum absolute atomic E-state index is 0.493. The van der Waals surface area contributed by atoms with Crippen LogP contribution in [0.2, 0.25) is 5.02 Å². The van der Waals surface area contributed by atoms with Gasteiger partial charge in [-0.2, -0.15) is 17.0 Å². The predicted octanol–water partition coefficient (Wildman–Crippen LogP) is 3.52. The number of nitriles is 1. The molecule has 0 amide bonds. The largest absolute Gasteiger partial charge is 0.381 e. The average molecular weight is 253 g/mol. The van der Waals surface area contributed by atoms with Gasteiger partial charge in [-0.3, -0.25) is 0 Å². The third-order valence-electron chi connectivity index (χ3n) is 2.68. The molecular formula is C12H13ClN2S. The number of thioether (sulfide) groups is 1. The highest BCUT2D eigenvalue weighted by molar-refractivity contribution is 7.99. The lowest BCUT2D eigenvalue weighted by Gasteiger charge is -2.24. The summed E-state index contributed by atoms with van der Waals surface area (Å²) in [7, 11) is 0. The van der Waals surface area contributed by atoms with Gasteiger partial charge in [0.25, 0.3) is 0 Å². The van der Waals surface area contributed by atoms with E-state index in [-0.39, 0.29) is 0 Å². The molecule has 0 atom stereocenters. The van der Waals surface area contributed by atoms with Crippen LogP contribution in [0.5, 0.6) is 0 Å². The molecule has 2 rings (SSSR count). The Morgan fingerprint density at radius 2 is 2.12 bits per heavy atom. The smallest absolute Gasteiger partial charge is 0.0992 e. The summed E-state index contributed by atoms with van der Waals surface area (Å²) in [5.74, 6) is 2.40. The van der Waals surface area contributed by atoms with Gasteiger partial charge in [-0.05, 0) is 42.5 Å². The van der Waals surface area contributed by atoms with Crippen LogP contribution in [-0.4, -0.2) is 17.5 Å². The van der Waals surface area contributed by atoms with Crippen molar-refractivity contribution in [1.29, 1.82) is 5.26 Å². The van der Waals surface area contributed by atoms with Crippen LogP contribution >= 0.6 is 23.4 Å². The van der Waals surface area contributed by atoms with Crippen LogP contribution in [-0.2, 0) is 0 Å². The second kappa shape index (κ2) is 5.47. The molecule has 1 heterocycles. The molecule has 1 aliphatic rings. The Balaban J connectivity index is 2.10. The van der Waals surface area contributed by atoms with Crippen LogP contribution in [0.3, 0.4) is 0 Å². The lowest BCUT2D eigenvalue weighted by Crippen LogP contribution is -2.24. The molecule has 0 saturated carbocycles. The molecule has 1 fully saturated rings. The van der Waals surface area contributed by atoms with Gasteiger partial charge in [0.2, 0.25) is 0 Å². The second-order valence-electron chi connectivity index (χ2n) is 3.84. The molecule has 0 bridgehead atoms. The van der Waals surface area contributed by atoms with Crippen molar-refractivity contribution in [2.75, 3.05) is 16.8 Å². The van der Waals surface area contributed by atoms with Gasteiger partial charge >= 0.3 is 0 Å². The first kappa shape index (κ1) is 11.6. The van der Waals surface area contributed by atoms with E-state index in [0.717, 1.165) is 18.5 Å². The Kier molecular flexibility index (Phi) is 3.98. The molecule has 84 valence electrons. The van der Waals surface area contributed by atoms with Gasteiger partial charge < -0.3 is 5.32 Å². The molecule has 4 heteroatoms. The second-order valence-corrected chi connectivity index (χ2v) is 5.47. The summed E-state index contributed by atoms with van der Waals surface area (Å²) >= 11 is 8.09. The number of rotatable bonds is 2. The summed E-state index contributed by atoms with van der Waals surface area (Å²) in [4.78, 5) is 0. The van der Waals surface area contributed by atoms with Gasteiger partial charge in [0.15, 0.2) is 0 Å². The highest BCUT2D eigenvalue weighted by atomic mass is 35.5. The maximum Gasteiger partial charge on any atom is 0.0992 e. The van der Waals surface area contributed by atoms with E-state index in [0.29, 0.717) is 16.6 Å². The highest BCUT2D eigenvalue weighted by Gasteiger charge is 2.14. The van der Waals surface area contributed by atoms with E-state index < -0.39 is 0 Å². The molecular weight excluding hydrogens is 240 g/mol. The highest BCUT2D eigenvalue weighted by Crippen LogP contribution is 2.27. The SMILES string of the molecule is N#Cc1ccc(Cl)c(NC2CCSCC2)c1. The summed E-state index contributed by atoms with van der Waals surface area (Å²) in [6.07, 6.45) is 2.33. The van der Waals surface area contributed by atoms with Crippen LogP contribution in [0, 0.1) is 11.3 Å². The van der Waals surface area contributed by atoms with Gasteiger partial charge in [-0.25, -0.2) is 0 Å². The van der Waals surface area contributed by atoms with Crippen molar-refractivity contribution < 1.29 is 0 Å². The molecule has 0 aromatic heterocycles. The van der Waals surface area contributed by atoms with Gasteiger partial charge in [0, 0.05) is 6.04 Å². The Bertz CT molecular complexity index is 408. The maximum atomic E-state index is 8.83. The molecule has 2 nitrogen and oxygen atoms in total. The molecule has 0 aliphatic carbocycles. The van der Waals surface area contributed by atoms with Crippen LogP contribution in [0.25, 0.3) is 0 Å². The van der Waals surface area contributed by atoms with E-state index >= 15 is 0 Å². The molecule has 1 aliphatic heterocycles. The zero-order valence-corrected chi connectivity index (χ0v) is 10.4. The van der Waals surface area contributed by atoms with E-state index in [4.69, 9.17) is 16.9 Å². The minimum atomic E-state index is 0.493. The number of nitrogens with zero attached hydrogens (tertiary/aromatic N) is 1. The van der Waals surface area contributed by atoms with Gasteiger partial charge in [0.1, 0.15) is 0 Å². The van der Waals surface area contributed by atoms with Gasteiger partial charge in [0.05, 0.1) is 22.3 Å². The van der Waals surface area contributed by atoms with Crippen molar-refractivity contribution in [3.8, 4) is 6.07 Å². The van der Waals surface area contributed by atoms with E-state index in [9.17, 15) is 0 Å². The monoisotopic (exact) mass is 252 g/mol. The van der Waals surface area contributed by atoms with Crippen molar-refractivity contribution in [3.63, 3.8) is 0 Å². The minimum Gasteiger partial charge on any atom is -0.381 e. The van der Waals surface area contributed by atoms with Crippen molar-refractivity contribution in [1.82, 2.24) is 0 Å². The first-order valence-corrected chi connectivity index (χ1v) is 6.87. The molecule has 0 spiro atoms. The summed E-state index contributed by atoms with van der Waals surface area (Å²) in [6.45, 7) is 0. The molecule has 1 aromatic carbocycles. The number of nitrogens with one attached hydrogen (secondary N) is 1. The fourth-order valence-corrected chi connectivity index (χ4v) is 3.05. The summed E-state index contributed by atoms with van der Waals surface area (Å²) < 4.78 is 0. The molecule has 0 radical (unpaired) electrons. The average Bonchev–Trinajstić information content (AvgIpc) is 2.33. The molecule has 16 heavy (non-hydrogen) atoms. The number of anilines is 1. The van der Waals surface area contributed by atoms with Gasteiger partial charge in [-0.1, -0.05) is 11.6 Å². The quantitative estimate of drug-likeness (QED) is 0.875. The number of benzene rings is 1. The Labute approximate surface area is 105 Å². The first-order chi connectivity index (χ1) is 7.79. The zero-order valence-electron chi connectivity index (χ0n) is 8.87. The summed E-state index contributed by atoms with van der Waals surface area (Å²) in [5.41, 5.74) is 1.54. The molecule has 1 aromatic rings. The third kappa shape index (κ3) is 2.84. The van der Waals surface area contributed by atoms with Crippen molar-refractivity contribution in [2.45, 2.75) is 18.9 Å². The van der Waals surface area contributed by atoms with E-state index in [2.05, 4.69) is 11.4 Å².